The van der Waals surface area contributed by atoms with Crippen molar-refractivity contribution in [2.75, 3.05) is 13.2 Å². The van der Waals surface area contributed by atoms with E-state index in [4.69, 9.17) is 14.2 Å². The zero-order valence-electron chi connectivity index (χ0n) is 45.0. The predicted octanol–water partition coefficient (Wildman–Crippen LogP) is 19.0. The third-order valence-corrected chi connectivity index (χ3v) is 11.4. The highest BCUT2D eigenvalue weighted by molar-refractivity contribution is 5.71. The van der Waals surface area contributed by atoms with E-state index in [-0.39, 0.29) is 38.0 Å². The molecule has 1 atom stereocenters. The van der Waals surface area contributed by atoms with Gasteiger partial charge < -0.3 is 14.2 Å². The van der Waals surface area contributed by atoms with E-state index in [9.17, 15) is 14.4 Å². The summed E-state index contributed by atoms with van der Waals surface area (Å²) < 4.78 is 16.7. The molecule has 0 aromatic rings. The van der Waals surface area contributed by atoms with Crippen LogP contribution in [0, 0.1) is 0 Å². The normalized spacial score (nSPS) is 13.1. The molecule has 0 rings (SSSR count). The lowest BCUT2D eigenvalue weighted by Gasteiger charge is -2.18. The molecule has 0 saturated heterocycles. The minimum Gasteiger partial charge on any atom is -0.462 e. The fourth-order valence-electron chi connectivity index (χ4n) is 7.16. The summed E-state index contributed by atoms with van der Waals surface area (Å²) in [7, 11) is 0. The monoisotopic (exact) mass is 967 g/mol. The maximum Gasteiger partial charge on any atom is 0.306 e. The highest BCUT2D eigenvalue weighted by atomic mass is 16.6. The molecule has 0 spiro atoms. The molecule has 0 fully saturated rings. The minimum absolute atomic E-state index is 0.132. The van der Waals surface area contributed by atoms with Crippen molar-refractivity contribution < 1.29 is 28.6 Å². The number of hydrogen-bond acceptors (Lipinski definition) is 6. The van der Waals surface area contributed by atoms with Crippen LogP contribution >= 0.6 is 0 Å². The zero-order chi connectivity index (χ0) is 50.7. The van der Waals surface area contributed by atoms with E-state index >= 15 is 0 Å². The van der Waals surface area contributed by atoms with Gasteiger partial charge >= 0.3 is 17.9 Å². The fourth-order valence-corrected chi connectivity index (χ4v) is 7.16. The average Bonchev–Trinajstić information content (AvgIpc) is 3.36. The lowest BCUT2D eigenvalue weighted by atomic mass is 10.1. The van der Waals surface area contributed by atoms with Gasteiger partial charge in [0.15, 0.2) is 6.10 Å². The molecule has 1 unspecified atom stereocenters. The molecule has 0 aliphatic rings. The van der Waals surface area contributed by atoms with E-state index < -0.39 is 12.1 Å². The van der Waals surface area contributed by atoms with Gasteiger partial charge in [-0.3, -0.25) is 14.4 Å². The van der Waals surface area contributed by atoms with Gasteiger partial charge in [0.2, 0.25) is 0 Å². The number of carbonyl (C=O) groups is 3. The minimum atomic E-state index is -0.846. The van der Waals surface area contributed by atoms with E-state index in [1.54, 1.807) is 0 Å². The third-order valence-electron chi connectivity index (χ3n) is 11.4. The van der Waals surface area contributed by atoms with Gasteiger partial charge in [-0.2, -0.15) is 0 Å². The van der Waals surface area contributed by atoms with E-state index in [1.807, 2.05) is 12.2 Å². The first kappa shape index (κ1) is 65.5. The molecule has 0 N–H and O–H groups in total. The van der Waals surface area contributed by atoms with E-state index in [2.05, 4.69) is 142 Å². The Kier molecular flexibility index (Phi) is 53.5. The van der Waals surface area contributed by atoms with Crippen LogP contribution in [0.2, 0.25) is 0 Å². The Bertz CT molecular complexity index is 1530. The van der Waals surface area contributed by atoms with Gasteiger partial charge in [0, 0.05) is 19.3 Å². The van der Waals surface area contributed by atoms with Crippen LogP contribution in [0.25, 0.3) is 0 Å². The largest absolute Gasteiger partial charge is 0.462 e. The molecule has 0 aromatic heterocycles. The average molecular weight is 968 g/mol. The van der Waals surface area contributed by atoms with Crippen LogP contribution in [0.5, 0.6) is 0 Å². The van der Waals surface area contributed by atoms with Crippen molar-refractivity contribution in [2.24, 2.45) is 0 Å². The lowest BCUT2D eigenvalue weighted by Crippen LogP contribution is -2.30. The first-order chi connectivity index (χ1) is 34.5. The molecule has 0 amide bonds. The smallest absolute Gasteiger partial charge is 0.306 e. The first-order valence-corrected chi connectivity index (χ1v) is 28.2. The Labute approximate surface area is 430 Å². The van der Waals surface area contributed by atoms with Crippen LogP contribution < -0.4 is 0 Å². The molecule has 0 aliphatic heterocycles. The van der Waals surface area contributed by atoms with Gasteiger partial charge in [0.1, 0.15) is 13.2 Å². The van der Waals surface area contributed by atoms with Crippen molar-refractivity contribution in [1.82, 2.24) is 0 Å². The molecule has 6 nitrogen and oxygen atoms in total. The molecule has 70 heavy (non-hydrogen) atoms. The Hall–Kier alpha value is -4.45. The zero-order valence-corrected chi connectivity index (χ0v) is 45.0. The van der Waals surface area contributed by atoms with E-state index in [1.165, 1.54) is 83.5 Å². The molecule has 6 heteroatoms. The van der Waals surface area contributed by atoms with Gasteiger partial charge in [-0.1, -0.05) is 225 Å². The van der Waals surface area contributed by atoms with Gasteiger partial charge in [0.05, 0.1) is 0 Å². The number of ether oxygens (including phenoxy) is 3. The summed E-state index contributed by atoms with van der Waals surface area (Å²) in [6.07, 6.45) is 80.3. The van der Waals surface area contributed by atoms with E-state index in [0.717, 1.165) is 96.3 Å². The molecule has 0 bridgehead atoms. The van der Waals surface area contributed by atoms with Crippen molar-refractivity contribution in [1.29, 1.82) is 0 Å². The van der Waals surface area contributed by atoms with Gasteiger partial charge in [0.25, 0.3) is 0 Å². The maximum absolute atomic E-state index is 12.8. The van der Waals surface area contributed by atoms with Gasteiger partial charge in [-0.15, -0.1) is 0 Å². The molecule has 0 aliphatic carbocycles. The molecule has 0 heterocycles. The Balaban J connectivity index is 4.62. The SMILES string of the molecule is CC/C=C\C/C=C\C/C=C\C/C=C\C/C=C\C/C=C\CCC(=O)OCC(COC(=O)CCCCCCC/C=C\CCCCCCCCC)OC(=O)CCC/C=C\C/C=C\C/C=C\C/C=C\CCCCC. The number of carbonyl (C=O) groups excluding carboxylic acids is 3. The predicted molar refractivity (Wildman–Crippen MR) is 302 cm³/mol. The Morgan fingerprint density at radius 3 is 1.04 bits per heavy atom. The summed E-state index contributed by atoms with van der Waals surface area (Å²) in [6.45, 7) is 6.37. The van der Waals surface area contributed by atoms with Crippen LogP contribution in [0.4, 0.5) is 0 Å². The van der Waals surface area contributed by atoms with E-state index in [0.29, 0.717) is 19.3 Å². The van der Waals surface area contributed by atoms with Crippen LogP contribution in [0.15, 0.2) is 134 Å². The van der Waals surface area contributed by atoms with Crippen molar-refractivity contribution >= 4 is 17.9 Å². The summed E-state index contributed by atoms with van der Waals surface area (Å²) in [6, 6.07) is 0. The lowest BCUT2D eigenvalue weighted by molar-refractivity contribution is -0.166. The summed E-state index contributed by atoms with van der Waals surface area (Å²) in [5, 5.41) is 0. The number of esters is 3. The second-order valence-corrected chi connectivity index (χ2v) is 18.1. The molecular formula is C64H102O6. The standard InChI is InChI=1S/C64H102O6/c1-4-7-10-13-16-19-22-25-28-31-32-34-36-39-42-45-48-51-54-57-63(66)69-60-61(59-68-62(65)56-53-50-47-44-41-38-35-30-27-24-21-18-15-12-9-6-3)70-64(67)58-55-52-49-46-43-40-37-33-29-26-23-20-17-14-11-8-5-2/h7,10,16-17,19-20,25-26,28-30,32,34-35,37,39-40,42,46,48-49,51,61H,4-6,8-9,11-15,18,21-24,27,31,33,36,38,41,43-45,47,50,52-60H2,1-3H3/b10-7-,19-16-,20-17-,28-25-,29-26-,34-32-,35-30-,40-37-,42-39-,49-46-,51-48-. The number of unbranched alkanes of at least 4 members (excludes halogenated alkanes) is 16. The molecule has 394 valence electrons. The molecule has 0 aromatic carbocycles. The first-order valence-electron chi connectivity index (χ1n) is 28.2. The Morgan fingerprint density at radius 1 is 0.300 bits per heavy atom. The third kappa shape index (κ3) is 54.5. The van der Waals surface area contributed by atoms with Crippen molar-refractivity contribution in [2.45, 2.75) is 239 Å². The molecule has 0 saturated carbocycles. The molecule has 0 radical (unpaired) electrons. The number of hydrogen-bond donors (Lipinski definition) is 0. The Morgan fingerprint density at radius 2 is 0.600 bits per heavy atom. The quantitative estimate of drug-likeness (QED) is 0.0262. The topological polar surface area (TPSA) is 78.9 Å². The van der Waals surface area contributed by atoms with Crippen LogP contribution in [0.1, 0.15) is 233 Å². The van der Waals surface area contributed by atoms with Gasteiger partial charge in [-0.05, 0) is 122 Å². The summed E-state index contributed by atoms with van der Waals surface area (Å²) in [4.78, 5) is 38.1. The van der Waals surface area contributed by atoms with Crippen molar-refractivity contribution in [3.05, 3.63) is 134 Å². The summed E-state index contributed by atoms with van der Waals surface area (Å²) in [5.41, 5.74) is 0. The summed E-state index contributed by atoms with van der Waals surface area (Å²) >= 11 is 0. The van der Waals surface area contributed by atoms with Crippen LogP contribution in [-0.4, -0.2) is 37.2 Å². The van der Waals surface area contributed by atoms with Crippen LogP contribution in [-0.2, 0) is 28.6 Å². The van der Waals surface area contributed by atoms with Crippen molar-refractivity contribution in [3.63, 3.8) is 0 Å². The molecular weight excluding hydrogens is 865 g/mol. The number of allylic oxidation sites excluding steroid dienone is 22. The highest BCUT2D eigenvalue weighted by Crippen LogP contribution is 2.12. The van der Waals surface area contributed by atoms with Gasteiger partial charge in [-0.25, -0.2) is 0 Å². The van der Waals surface area contributed by atoms with Crippen molar-refractivity contribution in [3.8, 4) is 0 Å². The fraction of sp³-hybridized carbons (Fsp3) is 0.609. The van der Waals surface area contributed by atoms with Crippen LogP contribution in [0.3, 0.4) is 0 Å². The second kappa shape index (κ2) is 57.1. The highest BCUT2D eigenvalue weighted by Gasteiger charge is 2.19. The maximum atomic E-state index is 12.8. The summed E-state index contributed by atoms with van der Waals surface area (Å²) in [5.74, 6) is -1.09. The number of rotatable bonds is 49. The second-order valence-electron chi connectivity index (χ2n) is 18.1.